The van der Waals surface area contributed by atoms with Gasteiger partial charge >= 0.3 is 5.97 Å². The zero-order valence-corrected chi connectivity index (χ0v) is 13.4. The van der Waals surface area contributed by atoms with Crippen molar-refractivity contribution in [3.63, 3.8) is 0 Å². The lowest BCUT2D eigenvalue weighted by Gasteiger charge is -2.15. The molecule has 0 saturated carbocycles. The number of hydrogen-bond acceptors (Lipinski definition) is 5. The summed E-state index contributed by atoms with van der Waals surface area (Å²) in [5.74, 6) is 0.589. The van der Waals surface area contributed by atoms with Crippen LogP contribution in [0.3, 0.4) is 0 Å². The number of esters is 1. The number of hydrogen-bond donors (Lipinski definition) is 1. The summed E-state index contributed by atoms with van der Waals surface area (Å²) >= 11 is 0. The van der Waals surface area contributed by atoms with Gasteiger partial charge in [-0.25, -0.2) is 4.79 Å². The summed E-state index contributed by atoms with van der Waals surface area (Å²) in [6.07, 6.45) is 0. The Kier molecular flexibility index (Phi) is 6.07. The van der Waals surface area contributed by atoms with E-state index in [0.717, 1.165) is 24.6 Å². The van der Waals surface area contributed by atoms with E-state index in [9.17, 15) is 4.79 Å². The summed E-state index contributed by atoms with van der Waals surface area (Å²) in [5, 5.41) is 3.26. The van der Waals surface area contributed by atoms with Gasteiger partial charge in [0.05, 0.1) is 19.2 Å². The summed E-state index contributed by atoms with van der Waals surface area (Å²) in [4.78, 5) is 17.8. The zero-order chi connectivity index (χ0) is 13.0. The van der Waals surface area contributed by atoms with Crippen molar-refractivity contribution in [1.29, 1.82) is 0 Å². The normalized spacial score (nSPS) is 13.6. The summed E-state index contributed by atoms with van der Waals surface area (Å²) in [5.41, 5.74) is 1.60. The number of likely N-dealkylation sites (N-methyl/N-ethyl adjacent to an activating group) is 1. The summed E-state index contributed by atoms with van der Waals surface area (Å²) < 4.78 is 4.69. The molecule has 6 heteroatoms. The van der Waals surface area contributed by atoms with Gasteiger partial charge in [0.1, 0.15) is 0 Å². The standard InChI is InChI=1S/C13H17N3O2.HI/c1-16-7-6-14-13(16)15-9-10-4-3-5-11(8-10)12(17)18-2;/h3-5,8H,6-7,9H2,1-2H3,(H,14,15);1H. The van der Waals surface area contributed by atoms with E-state index in [4.69, 9.17) is 4.74 Å². The van der Waals surface area contributed by atoms with Gasteiger partial charge in [-0.1, -0.05) is 12.1 Å². The Bertz CT molecular complexity index is 477. The summed E-state index contributed by atoms with van der Waals surface area (Å²) in [6, 6.07) is 7.39. The molecule has 104 valence electrons. The quantitative estimate of drug-likeness (QED) is 0.643. The number of nitrogens with one attached hydrogen (secondary N) is 1. The number of nitrogens with zero attached hydrogens (tertiary/aromatic N) is 2. The molecule has 1 heterocycles. The lowest BCUT2D eigenvalue weighted by molar-refractivity contribution is 0.0600. The van der Waals surface area contributed by atoms with Crippen molar-refractivity contribution < 1.29 is 9.53 Å². The van der Waals surface area contributed by atoms with Crippen LogP contribution in [0.15, 0.2) is 29.3 Å². The van der Waals surface area contributed by atoms with Crippen LogP contribution in [-0.2, 0) is 11.3 Å². The largest absolute Gasteiger partial charge is 0.465 e. The Morgan fingerprint density at radius 1 is 1.53 bits per heavy atom. The van der Waals surface area contributed by atoms with Crippen molar-refractivity contribution in [3.8, 4) is 0 Å². The predicted octanol–water partition coefficient (Wildman–Crippen LogP) is 1.48. The third-order valence-corrected chi connectivity index (χ3v) is 2.86. The van der Waals surface area contributed by atoms with Crippen LogP contribution in [0.4, 0.5) is 0 Å². The van der Waals surface area contributed by atoms with Gasteiger partial charge in [0.15, 0.2) is 5.96 Å². The van der Waals surface area contributed by atoms with E-state index in [0.29, 0.717) is 12.1 Å². The highest BCUT2D eigenvalue weighted by atomic mass is 127. The van der Waals surface area contributed by atoms with Gasteiger partial charge in [-0.05, 0) is 17.7 Å². The van der Waals surface area contributed by atoms with Crippen LogP contribution >= 0.6 is 24.0 Å². The minimum absolute atomic E-state index is 0. The molecule has 0 aromatic heterocycles. The second-order valence-corrected chi connectivity index (χ2v) is 4.17. The molecule has 0 atom stereocenters. The molecule has 1 aliphatic heterocycles. The van der Waals surface area contributed by atoms with E-state index in [1.54, 1.807) is 6.07 Å². The van der Waals surface area contributed by atoms with E-state index in [1.807, 2.05) is 25.2 Å². The number of carbonyl (C=O) groups is 1. The second-order valence-electron chi connectivity index (χ2n) is 4.17. The van der Waals surface area contributed by atoms with Gasteiger partial charge in [-0.15, -0.1) is 24.0 Å². The van der Waals surface area contributed by atoms with E-state index in [-0.39, 0.29) is 29.9 Å². The molecule has 0 bridgehead atoms. The number of rotatable bonds is 3. The highest BCUT2D eigenvalue weighted by Gasteiger charge is 2.11. The number of guanidine groups is 1. The van der Waals surface area contributed by atoms with Crippen LogP contribution in [-0.4, -0.2) is 44.1 Å². The number of methoxy groups -OCH3 is 1. The van der Waals surface area contributed by atoms with E-state index < -0.39 is 0 Å². The smallest absolute Gasteiger partial charge is 0.337 e. The molecule has 19 heavy (non-hydrogen) atoms. The summed E-state index contributed by atoms with van der Waals surface area (Å²) in [6.45, 7) is 2.43. The monoisotopic (exact) mass is 375 g/mol. The van der Waals surface area contributed by atoms with Crippen molar-refractivity contribution in [2.45, 2.75) is 6.54 Å². The molecule has 1 aromatic carbocycles. The van der Waals surface area contributed by atoms with Gasteiger partial charge in [-0.2, -0.15) is 0 Å². The first kappa shape index (κ1) is 15.7. The van der Waals surface area contributed by atoms with E-state index in [2.05, 4.69) is 15.2 Å². The molecule has 5 nitrogen and oxygen atoms in total. The maximum absolute atomic E-state index is 11.4. The fourth-order valence-electron chi connectivity index (χ4n) is 1.83. The molecule has 0 aliphatic carbocycles. The Morgan fingerprint density at radius 3 is 2.95 bits per heavy atom. The zero-order valence-electron chi connectivity index (χ0n) is 11.0. The molecule has 1 aromatic rings. The number of carbonyl (C=O) groups excluding carboxylic acids is 1. The molecule has 0 fully saturated rings. The SMILES string of the molecule is COC(=O)c1cccc(CNC2=NCCN2C)c1.I. The Morgan fingerprint density at radius 2 is 2.32 bits per heavy atom. The Labute approximate surface area is 130 Å². The predicted molar refractivity (Wildman–Crippen MR) is 85.0 cm³/mol. The highest BCUT2D eigenvalue weighted by molar-refractivity contribution is 14.0. The summed E-state index contributed by atoms with van der Waals surface area (Å²) in [7, 11) is 3.39. The van der Waals surface area contributed by atoms with Crippen molar-refractivity contribution >= 4 is 35.9 Å². The maximum atomic E-state index is 11.4. The van der Waals surface area contributed by atoms with E-state index in [1.165, 1.54) is 7.11 Å². The van der Waals surface area contributed by atoms with Gasteiger partial charge < -0.3 is 15.0 Å². The number of aliphatic imine (C=N–C) groups is 1. The van der Waals surface area contributed by atoms with Crippen molar-refractivity contribution in [3.05, 3.63) is 35.4 Å². The van der Waals surface area contributed by atoms with Crippen LogP contribution in [0.2, 0.25) is 0 Å². The van der Waals surface area contributed by atoms with Crippen LogP contribution in [0.1, 0.15) is 15.9 Å². The molecular weight excluding hydrogens is 357 g/mol. The number of halogens is 1. The maximum Gasteiger partial charge on any atom is 0.337 e. The van der Waals surface area contributed by atoms with Crippen molar-refractivity contribution in [2.24, 2.45) is 4.99 Å². The number of benzene rings is 1. The molecule has 1 N–H and O–H groups in total. The van der Waals surface area contributed by atoms with Crippen LogP contribution < -0.4 is 5.32 Å². The molecule has 1 aliphatic rings. The molecule has 0 saturated heterocycles. The molecule has 0 spiro atoms. The van der Waals surface area contributed by atoms with Crippen molar-refractivity contribution in [2.75, 3.05) is 27.2 Å². The van der Waals surface area contributed by atoms with Gasteiger partial charge in [0.2, 0.25) is 0 Å². The van der Waals surface area contributed by atoms with Gasteiger partial charge in [0.25, 0.3) is 0 Å². The minimum Gasteiger partial charge on any atom is -0.465 e. The topological polar surface area (TPSA) is 53.9 Å². The first-order valence-corrected chi connectivity index (χ1v) is 5.87. The molecule has 0 radical (unpaired) electrons. The van der Waals surface area contributed by atoms with Crippen molar-refractivity contribution in [1.82, 2.24) is 10.2 Å². The number of ether oxygens (including phenoxy) is 1. The van der Waals surface area contributed by atoms with Gasteiger partial charge in [0, 0.05) is 20.1 Å². The fourth-order valence-corrected chi connectivity index (χ4v) is 1.83. The Hall–Kier alpha value is -1.31. The van der Waals surface area contributed by atoms with Crippen LogP contribution in [0.25, 0.3) is 0 Å². The first-order valence-electron chi connectivity index (χ1n) is 5.87. The first-order chi connectivity index (χ1) is 8.70. The fraction of sp³-hybridized carbons (Fsp3) is 0.385. The average Bonchev–Trinajstić information content (AvgIpc) is 2.81. The minimum atomic E-state index is -0.313. The molecule has 2 rings (SSSR count). The van der Waals surface area contributed by atoms with Crippen LogP contribution in [0.5, 0.6) is 0 Å². The molecular formula is C13H18IN3O2. The lowest BCUT2D eigenvalue weighted by Crippen LogP contribution is -2.35. The molecule has 0 unspecified atom stereocenters. The third-order valence-electron chi connectivity index (χ3n) is 2.86. The average molecular weight is 375 g/mol. The third kappa shape index (κ3) is 4.09. The second kappa shape index (κ2) is 7.32. The molecule has 0 amide bonds. The van der Waals surface area contributed by atoms with E-state index >= 15 is 0 Å². The Balaban J connectivity index is 0.00000180. The lowest BCUT2D eigenvalue weighted by atomic mass is 10.1. The van der Waals surface area contributed by atoms with Crippen LogP contribution in [0, 0.1) is 0 Å². The van der Waals surface area contributed by atoms with Gasteiger partial charge in [-0.3, -0.25) is 4.99 Å². The highest BCUT2D eigenvalue weighted by Crippen LogP contribution is 2.07.